The van der Waals surface area contributed by atoms with Crippen molar-refractivity contribution in [2.45, 2.75) is 19.4 Å². The molecule has 3 nitrogen and oxygen atoms in total. The first-order chi connectivity index (χ1) is 10.4. The number of hydrogen-bond acceptors (Lipinski definition) is 3. The number of nitrogens with zero attached hydrogens (tertiary/aromatic N) is 1. The average molecular weight is 329 g/mol. The van der Waals surface area contributed by atoms with Gasteiger partial charge in [-0.3, -0.25) is 0 Å². The fourth-order valence-corrected chi connectivity index (χ4v) is 3.49. The first-order valence-corrected chi connectivity index (χ1v) is 7.54. The standard InChI is InChI=1S/C17H13ClN2OS/c1-17(2)14-13(20-16(22)21-17)7-6-12(15(14)18)11-5-3-4-10(8-11)9-19/h3-8H,1-2H3,(H,20,22). The van der Waals surface area contributed by atoms with E-state index in [-0.39, 0.29) is 0 Å². The number of ether oxygens (including phenoxy) is 1. The molecule has 0 atom stereocenters. The summed E-state index contributed by atoms with van der Waals surface area (Å²) in [6, 6.07) is 13.4. The Morgan fingerprint density at radius 2 is 2.05 bits per heavy atom. The van der Waals surface area contributed by atoms with E-state index >= 15 is 0 Å². The van der Waals surface area contributed by atoms with Crippen LogP contribution in [0.5, 0.6) is 0 Å². The molecule has 3 rings (SSSR count). The van der Waals surface area contributed by atoms with Gasteiger partial charge in [0.15, 0.2) is 0 Å². The predicted molar refractivity (Wildman–Crippen MR) is 91.9 cm³/mol. The van der Waals surface area contributed by atoms with Crippen LogP contribution in [0.2, 0.25) is 5.02 Å². The predicted octanol–water partition coefficient (Wildman–Crippen LogP) is 4.84. The summed E-state index contributed by atoms with van der Waals surface area (Å²) in [6.07, 6.45) is 0. The van der Waals surface area contributed by atoms with Gasteiger partial charge in [-0.1, -0.05) is 29.8 Å². The zero-order valence-electron chi connectivity index (χ0n) is 12.1. The van der Waals surface area contributed by atoms with Gasteiger partial charge in [0.2, 0.25) is 0 Å². The molecule has 0 saturated carbocycles. The van der Waals surface area contributed by atoms with E-state index in [9.17, 15) is 0 Å². The third-order valence-electron chi connectivity index (χ3n) is 3.63. The van der Waals surface area contributed by atoms with Crippen LogP contribution < -0.4 is 5.32 Å². The Kier molecular flexibility index (Phi) is 3.56. The molecule has 0 spiro atoms. The summed E-state index contributed by atoms with van der Waals surface area (Å²) in [7, 11) is 0. The molecule has 0 bridgehead atoms. The molecule has 1 heterocycles. The number of thiocarbonyl (C=S) groups is 1. The van der Waals surface area contributed by atoms with Gasteiger partial charge in [0, 0.05) is 11.1 Å². The van der Waals surface area contributed by atoms with Crippen LogP contribution in [0.4, 0.5) is 5.69 Å². The molecule has 5 heteroatoms. The first kappa shape index (κ1) is 14.8. The average Bonchev–Trinajstić information content (AvgIpc) is 2.45. The highest BCUT2D eigenvalue weighted by atomic mass is 35.5. The van der Waals surface area contributed by atoms with Crippen LogP contribution in [0, 0.1) is 11.3 Å². The van der Waals surface area contributed by atoms with Crippen LogP contribution in [0.15, 0.2) is 36.4 Å². The number of nitrogens with one attached hydrogen (secondary N) is 1. The number of benzene rings is 2. The summed E-state index contributed by atoms with van der Waals surface area (Å²) in [4.78, 5) is 0. The molecule has 0 amide bonds. The third-order valence-corrected chi connectivity index (χ3v) is 4.21. The number of anilines is 1. The van der Waals surface area contributed by atoms with Crippen molar-refractivity contribution in [2.75, 3.05) is 5.32 Å². The normalized spacial score (nSPS) is 15.3. The van der Waals surface area contributed by atoms with Gasteiger partial charge in [-0.15, -0.1) is 0 Å². The van der Waals surface area contributed by atoms with Crippen LogP contribution in [0.3, 0.4) is 0 Å². The lowest BCUT2D eigenvalue weighted by atomic mass is 9.91. The van der Waals surface area contributed by atoms with E-state index in [4.69, 9.17) is 33.8 Å². The summed E-state index contributed by atoms with van der Waals surface area (Å²) in [6.45, 7) is 3.86. The highest BCUT2D eigenvalue weighted by Crippen LogP contribution is 2.44. The van der Waals surface area contributed by atoms with Gasteiger partial charge in [-0.25, -0.2) is 0 Å². The lowest BCUT2D eigenvalue weighted by Crippen LogP contribution is -2.35. The molecule has 0 unspecified atom stereocenters. The molecule has 0 aliphatic carbocycles. The van der Waals surface area contributed by atoms with E-state index in [1.807, 2.05) is 44.2 Å². The number of hydrogen-bond donors (Lipinski definition) is 1. The Morgan fingerprint density at radius 3 is 2.77 bits per heavy atom. The Labute approximate surface area is 139 Å². The van der Waals surface area contributed by atoms with Crippen LogP contribution in [0.25, 0.3) is 11.1 Å². The molecule has 2 aromatic rings. The molecule has 1 N–H and O–H groups in total. The number of fused-ring (bicyclic) bond motifs is 1. The fraction of sp³-hybridized carbons (Fsp3) is 0.176. The van der Waals surface area contributed by atoms with Crippen molar-refractivity contribution in [1.82, 2.24) is 0 Å². The van der Waals surface area contributed by atoms with E-state index in [0.29, 0.717) is 15.8 Å². The largest absolute Gasteiger partial charge is 0.460 e. The van der Waals surface area contributed by atoms with Crippen LogP contribution in [-0.2, 0) is 10.3 Å². The van der Waals surface area contributed by atoms with Gasteiger partial charge < -0.3 is 10.1 Å². The van der Waals surface area contributed by atoms with Gasteiger partial charge in [0.25, 0.3) is 5.17 Å². The van der Waals surface area contributed by atoms with Crippen molar-refractivity contribution < 1.29 is 4.74 Å². The summed E-state index contributed by atoms with van der Waals surface area (Å²) < 4.78 is 5.70. The van der Waals surface area contributed by atoms with Crippen LogP contribution >= 0.6 is 23.8 Å². The smallest absolute Gasteiger partial charge is 0.262 e. The zero-order valence-corrected chi connectivity index (χ0v) is 13.7. The Balaban J connectivity index is 2.21. The Morgan fingerprint density at radius 1 is 1.27 bits per heavy atom. The maximum absolute atomic E-state index is 9.06. The highest BCUT2D eigenvalue weighted by molar-refractivity contribution is 7.80. The SMILES string of the molecule is CC1(C)OC(=S)Nc2ccc(-c3cccc(C#N)c3)c(Cl)c21. The molecule has 0 fully saturated rings. The zero-order chi connectivity index (χ0) is 15.9. The second kappa shape index (κ2) is 5.28. The Hall–Kier alpha value is -2.09. The number of halogens is 1. The second-order valence-corrected chi connectivity index (χ2v) is 6.32. The molecule has 1 aliphatic heterocycles. The van der Waals surface area contributed by atoms with Gasteiger partial charge in [0.1, 0.15) is 5.60 Å². The van der Waals surface area contributed by atoms with Gasteiger partial charge >= 0.3 is 0 Å². The lowest BCUT2D eigenvalue weighted by molar-refractivity contribution is 0.0949. The lowest BCUT2D eigenvalue weighted by Gasteiger charge is -2.35. The van der Waals surface area contributed by atoms with Crippen LogP contribution in [0.1, 0.15) is 25.0 Å². The van der Waals surface area contributed by atoms with E-state index in [0.717, 1.165) is 22.4 Å². The molecule has 2 aromatic carbocycles. The monoisotopic (exact) mass is 328 g/mol. The summed E-state index contributed by atoms with van der Waals surface area (Å²) in [5, 5.41) is 13.0. The first-order valence-electron chi connectivity index (χ1n) is 6.76. The maximum atomic E-state index is 9.06. The van der Waals surface area contributed by atoms with E-state index < -0.39 is 5.60 Å². The number of nitriles is 1. The van der Waals surface area contributed by atoms with Crippen LogP contribution in [-0.4, -0.2) is 5.17 Å². The van der Waals surface area contributed by atoms with Crippen molar-refractivity contribution in [2.24, 2.45) is 0 Å². The topological polar surface area (TPSA) is 45.0 Å². The molecule has 1 aliphatic rings. The second-order valence-electron chi connectivity index (χ2n) is 5.57. The third kappa shape index (κ3) is 2.43. The molecule has 0 aromatic heterocycles. The van der Waals surface area contributed by atoms with Crippen molar-refractivity contribution in [1.29, 1.82) is 5.26 Å². The highest BCUT2D eigenvalue weighted by Gasteiger charge is 2.34. The van der Waals surface area contributed by atoms with Crippen molar-refractivity contribution in [3.8, 4) is 17.2 Å². The fourth-order valence-electron chi connectivity index (χ4n) is 2.67. The van der Waals surface area contributed by atoms with E-state index in [1.54, 1.807) is 6.07 Å². The molecule has 110 valence electrons. The molecular weight excluding hydrogens is 316 g/mol. The van der Waals surface area contributed by atoms with Gasteiger partial charge in [0.05, 0.1) is 22.3 Å². The molecule has 0 saturated heterocycles. The maximum Gasteiger partial charge on any atom is 0.262 e. The summed E-state index contributed by atoms with van der Waals surface area (Å²) in [5.41, 5.74) is 3.47. The summed E-state index contributed by atoms with van der Waals surface area (Å²) >= 11 is 11.8. The quantitative estimate of drug-likeness (QED) is 0.761. The van der Waals surface area contributed by atoms with Crippen molar-refractivity contribution in [3.63, 3.8) is 0 Å². The minimum atomic E-state index is -0.613. The molecule has 0 radical (unpaired) electrons. The Bertz CT molecular complexity index is 824. The van der Waals surface area contributed by atoms with Gasteiger partial charge in [-0.05, 0) is 49.8 Å². The minimum Gasteiger partial charge on any atom is -0.460 e. The van der Waals surface area contributed by atoms with E-state index in [1.165, 1.54) is 0 Å². The van der Waals surface area contributed by atoms with Crippen molar-refractivity contribution >= 4 is 34.7 Å². The van der Waals surface area contributed by atoms with Gasteiger partial charge in [-0.2, -0.15) is 5.26 Å². The molecular formula is C17H13ClN2OS. The summed E-state index contributed by atoms with van der Waals surface area (Å²) in [5.74, 6) is 0. The molecule has 22 heavy (non-hydrogen) atoms. The van der Waals surface area contributed by atoms with E-state index in [2.05, 4.69) is 11.4 Å². The van der Waals surface area contributed by atoms with Crippen molar-refractivity contribution in [3.05, 3.63) is 52.5 Å². The minimum absolute atomic E-state index is 0.341. The number of rotatable bonds is 1.